The summed E-state index contributed by atoms with van der Waals surface area (Å²) < 4.78 is 18.1. The fourth-order valence-corrected chi connectivity index (χ4v) is 1.77. The predicted molar refractivity (Wildman–Crippen MR) is 73.1 cm³/mol. The average molecular weight is 261 g/mol. The van der Waals surface area contributed by atoms with E-state index in [9.17, 15) is 9.50 Å². The van der Waals surface area contributed by atoms with Gasteiger partial charge in [-0.25, -0.2) is 4.39 Å². The second kappa shape index (κ2) is 5.61. The lowest BCUT2D eigenvalue weighted by atomic mass is 10.1. The molecule has 3 nitrogen and oxygen atoms in total. The van der Waals surface area contributed by atoms with Crippen molar-refractivity contribution in [3.05, 3.63) is 53.3 Å². The van der Waals surface area contributed by atoms with Crippen LogP contribution < -0.4 is 10.1 Å². The lowest BCUT2D eigenvalue weighted by Gasteiger charge is -2.10. The van der Waals surface area contributed by atoms with Crippen molar-refractivity contribution in [2.45, 2.75) is 13.5 Å². The van der Waals surface area contributed by atoms with E-state index in [1.54, 1.807) is 44.4 Å². The summed E-state index contributed by atoms with van der Waals surface area (Å²) in [6.45, 7) is 2.17. The first-order valence-corrected chi connectivity index (χ1v) is 5.96. The first-order chi connectivity index (χ1) is 9.10. The maximum Gasteiger partial charge on any atom is 0.126 e. The molecular formula is C15H16FNO2. The first kappa shape index (κ1) is 13.2. The summed E-state index contributed by atoms with van der Waals surface area (Å²) in [6, 6.07) is 9.96. The molecule has 0 aliphatic rings. The summed E-state index contributed by atoms with van der Waals surface area (Å²) in [5.41, 5.74) is 2.15. The quantitative estimate of drug-likeness (QED) is 0.885. The lowest BCUT2D eigenvalue weighted by Crippen LogP contribution is -2.00. The Morgan fingerprint density at radius 1 is 1.21 bits per heavy atom. The lowest BCUT2D eigenvalue weighted by molar-refractivity contribution is 0.406. The minimum atomic E-state index is -0.224. The van der Waals surface area contributed by atoms with Crippen LogP contribution in [0.2, 0.25) is 0 Å². The highest BCUT2D eigenvalue weighted by Crippen LogP contribution is 2.24. The Morgan fingerprint density at radius 3 is 2.63 bits per heavy atom. The van der Waals surface area contributed by atoms with Gasteiger partial charge in [0.2, 0.25) is 0 Å². The van der Waals surface area contributed by atoms with Crippen LogP contribution in [0.3, 0.4) is 0 Å². The van der Waals surface area contributed by atoms with E-state index in [4.69, 9.17) is 4.74 Å². The summed E-state index contributed by atoms with van der Waals surface area (Å²) in [5, 5.41) is 13.0. The number of ether oxygens (including phenoxy) is 1. The van der Waals surface area contributed by atoms with E-state index in [0.29, 0.717) is 17.9 Å². The maximum absolute atomic E-state index is 13.1. The van der Waals surface area contributed by atoms with E-state index in [-0.39, 0.29) is 11.6 Å². The molecule has 0 aliphatic heterocycles. The van der Waals surface area contributed by atoms with Gasteiger partial charge in [0.25, 0.3) is 0 Å². The molecule has 0 aromatic heterocycles. The molecule has 2 N–H and O–H groups in total. The first-order valence-electron chi connectivity index (χ1n) is 5.96. The van der Waals surface area contributed by atoms with Crippen molar-refractivity contribution >= 4 is 5.69 Å². The highest BCUT2D eigenvalue weighted by Gasteiger charge is 2.04. The third-order valence-corrected chi connectivity index (χ3v) is 2.93. The number of aryl methyl sites for hydroxylation is 1. The largest absolute Gasteiger partial charge is 0.507 e. The number of phenols is 1. The Morgan fingerprint density at radius 2 is 2.00 bits per heavy atom. The van der Waals surface area contributed by atoms with Gasteiger partial charge in [-0.1, -0.05) is 0 Å². The van der Waals surface area contributed by atoms with E-state index in [1.807, 2.05) is 0 Å². The van der Waals surface area contributed by atoms with Crippen LogP contribution >= 0.6 is 0 Å². The highest BCUT2D eigenvalue weighted by molar-refractivity contribution is 5.48. The van der Waals surface area contributed by atoms with Crippen molar-refractivity contribution in [1.29, 1.82) is 0 Å². The SMILES string of the molecule is COc1ccc(CNc2ccc(F)c(C)c2)c(O)c1. The number of halogens is 1. The van der Waals surface area contributed by atoms with Crippen LogP contribution in [0.25, 0.3) is 0 Å². The summed E-state index contributed by atoms with van der Waals surface area (Å²) in [7, 11) is 1.55. The van der Waals surface area contributed by atoms with E-state index < -0.39 is 0 Å². The fourth-order valence-electron chi connectivity index (χ4n) is 1.77. The van der Waals surface area contributed by atoms with Gasteiger partial charge in [0.15, 0.2) is 0 Å². The van der Waals surface area contributed by atoms with Gasteiger partial charge in [-0.05, 0) is 42.8 Å². The van der Waals surface area contributed by atoms with Crippen LogP contribution in [0.1, 0.15) is 11.1 Å². The highest BCUT2D eigenvalue weighted by atomic mass is 19.1. The zero-order valence-electron chi connectivity index (χ0n) is 10.9. The Balaban J connectivity index is 2.07. The molecular weight excluding hydrogens is 245 g/mol. The number of aromatic hydroxyl groups is 1. The average Bonchev–Trinajstić information content (AvgIpc) is 2.41. The molecule has 100 valence electrons. The molecule has 19 heavy (non-hydrogen) atoms. The zero-order chi connectivity index (χ0) is 13.8. The van der Waals surface area contributed by atoms with E-state index in [1.165, 1.54) is 6.07 Å². The Hall–Kier alpha value is -2.23. The molecule has 0 fully saturated rings. The number of hydrogen-bond donors (Lipinski definition) is 2. The number of phenolic OH excluding ortho intramolecular Hbond substituents is 1. The molecule has 0 spiro atoms. The molecule has 0 aliphatic carbocycles. The van der Waals surface area contributed by atoms with Gasteiger partial charge in [-0.3, -0.25) is 0 Å². The van der Waals surface area contributed by atoms with E-state index >= 15 is 0 Å². The van der Waals surface area contributed by atoms with Crippen LogP contribution in [-0.2, 0) is 6.54 Å². The topological polar surface area (TPSA) is 41.5 Å². The standard InChI is InChI=1S/C15H16FNO2/c1-10-7-12(4-6-14(10)16)17-9-11-3-5-13(19-2)8-15(11)18/h3-8,17-18H,9H2,1-2H3. The van der Waals surface area contributed by atoms with Crippen LogP contribution in [0.5, 0.6) is 11.5 Å². The second-order valence-corrected chi connectivity index (χ2v) is 4.31. The third kappa shape index (κ3) is 3.16. The Kier molecular flexibility index (Phi) is 3.90. The van der Waals surface area contributed by atoms with Gasteiger partial charge in [0.1, 0.15) is 17.3 Å². The molecule has 2 rings (SSSR count). The number of anilines is 1. The number of methoxy groups -OCH3 is 1. The summed E-state index contributed by atoms with van der Waals surface area (Å²) in [5.74, 6) is 0.558. The molecule has 2 aromatic carbocycles. The Bertz CT molecular complexity index is 584. The van der Waals surface area contributed by atoms with Crippen molar-refractivity contribution in [1.82, 2.24) is 0 Å². The molecule has 4 heteroatoms. The monoisotopic (exact) mass is 261 g/mol. The van der Waals surface area contributed by atoms with Crippen molar-refractivity contribution in [3.63, 3.8) is 0 Å². The number of nitrogens with one attached hydrogen (secondary N) is 1. The van der Waals surface area contributed by atoms with Crippen molar-refractivity contribution < 1.29 is 14.2 Å². The molecule has 0 bridgehead atoms. The van der Waals surface area contributed by atoms with Gasteiger partial charge in [0.05, 0.1) is 7.11 Å². The minimum absolute atomic E-state index is 0.172. The number of hydrogen-bond acceptors (Lipinski definition) is 3. The van der Waals surface area contributed by atoms with Gasteiger partial charge < -0.3 is 15.2 Å². The summed E-state index contributed by atoms with van der Waals surface area (Å²) >= 11 is 0. The molecule has 0 atom stereocenters. The molecule has 0 saturated heterocycles. The summed E-state index contributed by atoms with van der Waals surface area (Å²) in [6.07, 6.45) is 0. The number of rotatable bonds is 4. The zero-order valence-corrected chi connectivity index (χ0v) is 10.9. The van der Waals surface area contributed by atoms with E-state index in [0.717, 1.165) is 11.3 Å². The number of benzene rings is 2. The maximum atomic E-state index is 13.1. The predicted octanol–water partition coefficient (Wildman–Crippen LogP) is 3.46. The van der Waals surface area contributed by atoms with Crippen molar-refractivity contribution in [3.8, 4) is 11.5 Å². The van der Waals surface area contributed by atoms with Gasteiger partial charge >= 0.3 is 0 Å². The molecule has 0 unspecified atom stereocenters. The van der Waals surface area contributed by atoms with Crippen LogP contribution in [0.4, 0.5) is 10.1 Å². The van der Waals surface area contributed by atoms with Crippen molar-refractivity contribution in [2.75, 3.05) is 12.4 Å². The molecule has 2 aromatic rings. The van der Waals surface area contributed by atoms with Crippen LogP contribution in [0, 0.1) is 12.7 Å². The Labute approximate surface area is 111 Å². The van der Waals surface area contributed by atoms with Crippen LogP contribution in [-0.4, -0.2) is 12.2 Å². The third-order valence-electron chi connectivity index (χ3n) is 2.93. The van der Waals surface area contributed by atoms with Crippen LogP contribution in [0.15, 0.2) is 36.4 Å². The van der Waals surface area contributed by atoms with Crippen molar-refractivity contribution in [2.24, 2.45) is 0 Å². The minimum Gasteiger partial charge on any atom is -0.507 e. The van der Waals surface area contributed by atoms with Gasteiger partial charge in [0, 0.05) is 23.9 Å². The fraction of sp³-hybridized carbons (Fsp3) is 0.200. The van der Waals surface area contributed by atoms with Gasteiger partial charge in [-0.15, -0.1) is 0 Å². The smallest absolute Gasteiger partial charge is 0.126 e. The second-order valence-electron chi connectivity index (χ2n) is 4.31. The molecule has 0 heterocycles. The molecule has 0 saturated carbocycles. The molecule has 0 radical (unpaired) electrons. The molecule has 0 amide bonds. The van der Waals surface area contributed by atoms with E-state index in [2.05, 4.69) is 5.32 Å². The normalized spacial score (nSPS) is 10.3. The van der Waals surface area contributed by atoms with Gasteiger partial charge in [-0.2, -0.15) is 0 Å². The summed E-state index contributed by atoms with van der Waals surface area (Å²) in [4.78, 5) is 0.